The van der Waals surface area contributed by atoms with Crippen LogP contribution < -0.4 is 11.2 Å². The Morgan fingerprint density at radius 2 is 2.03 bits per heavy atom. The van der Waals surface area contributed by atoms with Crippen molar-refractivity contribution in [3.05, 3.63) is 74.3 Å². The molecule has 0 N–H and O–H groups in total. The van der Waals surface area contributed by atoms with Crippen molar-refractivity contribution in [3.8, 4) is 16.8 Å². The summed E-state index contributed by atoms with van der Waals surface area (Å²) < 4.78 is 7.93. The van der Waals surface area contributed by atoms with Gasteiger partial charge in [-0.25, -0.2) is 14.3 Å². The molecule has 9 heteroatoms. The van der Waals surface area contributed by atoms with Gasteiger partial charge in [0.25, 0.3) is 5.56 Å². The Morgan fingerprint density at radius 1 is 1.28 bits per heavy atom. The van der Waals surface area contributed by atoms with E-state index in [9.17, 15) is 19.6 Å². The fraction of sp³-hybridized carbons (Fsp3) is 0.261. The third kappa shape index (κ3) is 3.39. The summed E-state index contributed by atoms with van der Waals surface area (Å²) in [5, 5.41) is 9.74. The minimum Gasteiger partial charge on any atom is -0.444 e. The van der Waals surface area contributed by atoms with Gasteiger partial charge in [0, 0.05) is 6.54 Å². The Labute approximate surface area is 187 Å². The molecule has 0 atom stereocenters. The molecule has 0 amide bonds. The first kappa shape index (κ1) is 21.5. The van der Waals surface area contributed by atoms with Crippen LogP contribution >= 0.6 is 11.3 Å². The molecule has 4 aromatic rings. The van der Waals surface area contributed by atoms with Crippen LogP contribution in [0.15, 0.2) is 50.7 Å². The van der Waals surface area contributed by atoms with Gasteiger partial charge in [0.05, 0.1) is 28.1 Å². The van der Waals surface area contributed by atoms with Crippen molar-refractivity contribution in [1.82, 2.24) is 14.1 Å². The zero-order chi connectivity index (χ0) is 23.0. The van der Waals surface area contributed by atoms with Gasteiger partial charge in [0.2, 0.25) is 5.89 Å². The molecule has 0 aliphatic carbocycles. The van der Waals surface area contributed by atoms with E-state index in [1.807, 2.05) is 12.1 Å². The molecule has 0 aliphatic heterocycles. The third-order valence-electron chi connectivity index (χ3n) is 5.45. The molecular weight excluding hydrogens is 428 g/mol. The average Bonchev–Trinajstić information content (AvgIpc) is 3.42. The number of nitriles is 1. The zero-order valence-electron chi connectivity index (χ0n) is 17.8. The SMILES string of the molecule is Cc1c(-c2ncco2)sc2c1c(=O)n(C(C)(C)C=O)c(=O)n2CCc1ccccc1C#N. The van der Waals surface area contributed by atoms with Gasteiger partial charge in [-0.05, 0) is 44.4 Å². The number of benzene rings is 1. The lowest BCUT2D eigenvalue weighted by molar-refractivity contribution is -0.114. The molecule has 0 spiro atoms. The fourth-order valence-electron chi connectivity index (χ4n) is 3.72. The van der Waals surface area contributed by atoms with Crippen LogP contribution in [0.2, 0.25) is 0 Å². The molecule has 0 radical (unpaired) electrons. The van der Waals surface area contributed by atoms with Crippen molar-refractivity contribution in [2.45, 2.75) is 39.3 Å². The van der Waals surface area contributed by atoms with Crippen LogP contribution in [0.1, 0.15) is 30.5 Å². The lowest BCUT2D eigenvalue weighted by Gasteiger charge is -2.22. The predicted octanol–water partition coefficient (Wildman–Crippen LogP) is 3.24. The zero-order valence-corrected chi connectivity index (χ0v) is 18.6. The fourth-order valence-corrected chi connectivity index (χ4v) is 4.98. The molecule has 0 unspecified atom stereocenters. The number of aryl methyl sites for hydroxylation is 3. The first-order valence-electron chi connectivity index (χ1n) is 9.93. The minimum atomic E-state index is -1.33. The Hall–Kier alpha value is -3.77. The number of rotatable bonds is 6. The largest absolute Gasteiger partial charge is 0.444 e. The molecule has 0 fully saturated rings. The molecule has 0 bridgehead atoms. The third-order valence-corrected chi connectivity index (χ3v) is 6.75. The van der Waals surface area contributed by atoms with E-state index in [1.54, 1.807) is 19.1 Å². The monoisotopic (exact) mass is 448 g/mol. The van der Waals surface area contributed by atoms with E-state index >= 15 is 0 Å². The molecule has 1 aromatic carbocycles. The number of carbonyl (C=O) groups excluding carboxylic acids is 1. The van der Waals surface area contributed by atoms with Crippen LogP contribution in [-0.2, 0) is 23.3 Å². The second-order valence-corrected chi connectivity index (χ2v) is 8.94. The predicted molar refractivity (Wildman–Crippen MR) is 121 cm³/mol. The van der Waals surface area contributed by atoms with Crippen LogP contribution in [0, 0.1) is 18.3 Å². The summed E-state index contributed by atoms with van der Waals surface area (Å²) in [6.07, 6.45) is 3.95. The highest BCUT2D eigenvalue weighted by Gasteiger charge is 2.29. The van der Waals surface area contributed by atoms with Gasteiger partial charge in [-0.3, -0.25) is 9.36 Å². The smallest absolute Gasteiger partial charge is 0.332 e. The van der Waals surface area contributed by atoms with E-state index in [0.29, 0.717) is 44.8 Å². The maximum atomic E-state index is 13.5. The summed E-state index contributed by atoms with van der Waals surface area (Å²) in [6, 6.07) is 9.34. The highest BCUT2D eigenvalue weighted by Crippen LogP contribution is 2.35. The van der Waals surface area contributed by atoms with Gasteiger partial charge in [-0.1, -0.05) is 18.2 Å². The van der Waals surface area contributed by atoms with Crippen molar-refractivity contribution >= 4 is 27.8 Å². The Kier molecular flexibility index (Phi) is 5.40. The number of oxazole rings is 1. The lowest BCUT2D eigenvalue weighted by atomic mass is 10.1. The van der Waals surface area contributed by atoms with Crippen LogP contribution in [0.25, 0.3) is 21.0 Å². The summed E-state index contributed by atoms with van der Waals surface area (Å²) in [7, 11) is 0. The van der Waals surface area contributed by atoms with Gasteiger partial charge in [-0.15, -0.1) is 11.3 Å². The Balaban J connectivity index is 1.99. The molecule has 3 aromatic heterocycles. The minimum absolute atomic E-state index is 0.230. The van der Waals surface area contributed by atoms with E-state index in [0.717, 1.165) is 10.1 Å². The number of thiophene rings is 1. The highest BCUT2D eigenvalue weighted by atomic mass is 32.1. The molecule has 4 rings (SSSR count). The Morgan fingerprint density at radius 3 is 2.69 bits per heavy atom. The second kappa shape index (κ2) is 8.05. The quantitative estimate of drug-likeness (QED) is 0.419. The summed E-state index contributed by atoms with van der Waals surface area (Å²) >= 11 is 1.25. The molecule has 32 heavy (non-hydrogen) atoms. The van der Waals surface area contributed by atoms with Crippen LogP contribution in [0.3, 0.4) is 0 Å². The van der Waals surface area contributed by atoms with E-state index in [4.69, 9.17) is 4.42 Å². The first-order valence-corrected chi connectivity index (χ1v) is 10.8. The summed E-state index contributed by atoms with van der Waals surface area (Å²) in [6.45, 7) is 5.06. The van der Waals surface area contributed by atoms with E-state index in [2.05, 4.69) is 11.1 Å². The van der Waals surface area contributed by atoms with Gasteiger partial charge in [-0.2, -0.15) is 5.26 Å². The number of hydrogen-bond acceptors (Lipinski definition) is 7. The van der Waals surface area contributed by atoms with Crippen LogP contribution in [0.4, 0.5) is 0 Å². The topological polar surface area (TPSA) is 111 Å². The maximum absolute atomic E-state index is 13.5. The second-order valence-electron chi connectivity index (χ2n) is 7.94. The van der Waals surface area contributed by atoms with E-state index in [-0.39, 0.29) is 6.54 Å². The molecule has 0 aliphatic rings. The van der Waals surface area contributed by atoms with Gasteiger partial charge >= 0.3 is 5.69 Å². The van der Waals surface area contributed by atoms with Gasteiger partial charge in [0.1, 0.15) is 22.9 Å². The molecule has 162 valence electrons. The average molecular weight is 449 g/mol. The molecular formula is C23H20N4O4S. The molecule has 0 saturated heterocycles. The molecule has 8 nitrogen and oxygen atoms in total. The van der Waals surface area contributed by atoms with Crippen molar-refractivity contribution in [1.29, 1.82) is 5.26 Å². The lowest BCUT2D eigenvalue weighted by Crippen LogP contribution is -2.49. The normalized spacial score (nSPS) is 11.6. The standard InChI is InChI=1S/C23H20N4O4S/c1-14-17-20(29)27(23(2,3)13-28)22(30)26(10-8-15-6-4-5-7-16(15)12-24)21(17)32-18(14)19-25-9-11-31-19/h4-7,9,11,13H,8,10H2,1-3H3. The number of aldehydes is 1. The molecule has 3 heterocycles. The summed E-state index contributed by atoms with van der Waals surface area (Å²) in [4.78, 5) is 43.9. The highest BCUT2D eigenvalue weighted by molar-refractivity contribution is 7.22. The van der Waals surface area contributed by atoms with Crippen molar-refractivity contribution in [3.63, 3.8) is 0 Å². The number of fused-ring (bicyclic) bond motifs is 1. The van der Waals surface area contributed by atoms with Crippen LogP contribution in [0.5, 0.6) is 0 Å². The number of nitrogens with zero attached hydrogens (tertiary/aromatic N) is 4. The van der Waals surface area contributed by atoms with Crippen molar-refractivity contribution in [2.24, 2.45) is 0 Å². The van der Waals surface area contributed by atoms with Crippen LogP contribution in [-0.4, -0.2) is 20.4 Å². The van der Waals surface area contributed by atoms with Crippen molar-refractivity contribution in [2.75, 3.05) is 0 Å². The summed E-state index contributed by atoms with van der Waals surface area (Å²) in [5.41, 5.74) is -0.466. The number of aromatic nitrogens is 3. The maximum Gasteiger partial charge on any atom is 0.332 e. The Bertz CT molecular complexity index is 1480. The summed E-state index contributed by atoms with van der Waals surface area (Å²) in [5.74, 6) is 0.359. The molecule has 0 saturated carbocycles. The van der Waals surface area contributed by atoms with Gasteiger partial charge in [0.15, 0.2) is 0 Å². The number of carbonyl (C=O) groups is 1. The van der Waals surface area contributed by atoms with E-state index < -0.39 is 16.8 Å². The van der Waals surface area contributed by atoms with Crippen molar-refractivity contribution < 1.29 is 9.21 Å². The first-order chi connectivity index (χ1) is 15.3. The number of hydrogen-bond donors (Lipinski definition) is 0. The van der Waals surface area contributed by atoms with Gasteiger partial charge < -0.3 is 9.21 Å². The van der Waals surface area contributed by atoms with E-state index in [1.165, 1.54) is 42.2 Å².